The van der Waals surface area contributed by atoms with Gasteiger partial charge in [-0.25, -0.2) is 4.79 Å². The first-order chi connectivity index (χ1) is 7.90. The molecule has 2 fully saturated rings. The van der Waals surface area contributed by atoms with Gasteiger partial charge in [0.25, 0.3) is 0 Å². The zero-order chi connectivity index (χ0) is 12.6. The number of rotatable bonds is 1. The Hall–Kier alpha value is -1.44. The van der Waals surface area contributed by atoms with Crippen molar-refractivity contribution in [1.29, 1.82) is 5.26 Å². The fraction of sp³-hybridized carbons (Fsp3) is 0.833. The van der Waals surface area contributed by atoms with Gasteiger partial charge in [0.1, 0.15) is 5.60 Å². The van der Waals surface area contributed by atoms with E-state index in [4.69, 9.17) is 10.00 Å². The highest BCUT2D eigenvalue weighted by molar-refractivity contribution is 5.68. The van der Waals surface area contributed by atoms with Gasteiger partial charge in [0, 0.05) is 6.04 Å². The molecular weight excluding hydrogens is 218 g/mol. The standard InChI is InChI=1S/C12H19N3O2/c1-12(2,3)17-11(16)14-9-6-8-4-5-10(9)15(8)7-13/h8-10H,4-6H2,1-3H3,(H,14,16)/t8-,9+,10+/m0/s1. The van der Waals surface area contributed by atoms with E-state index in [1.165, 1.54) is 0 Å². The molecule has 3 atom stereocenters. The van der Waals surface area contributed by atoms with Crippen LogP contribution >= 0.6 is 0 Å². The van der Waals surface area contributed by atoms with Crippen molar-refractivity contribution in [3.63, 3.8) is 0 Å². The summed E-state index contributed by atoms with van der Waals surface area (Å²) in [5, 5.41) is 11.9. The number of nitriles is 1. The number of alkyl carbamates (subject to hydrolysis) is 1. The molecule has 17 heavy (non-hydrogen) atoms. The van der Waals surface area contributed by atoms with Gasteiger partial charge >= 0.3 is 6.09 Å². The molecule has 0 saturated carbocycles. The van der Waals surface area contributed by atoms with E-state index in [2.05, 4.69) is 11.5 Å². The summed E-state index contributed by atoms with van der Waals surface area (Å²) in [6, 6.07) is 0.533. The van der Waals surface area contributed by atoms with Crippen LogP contribution in [-0.4, -0.2) is 34.7 Å². The first-order valence-electron chi connectivity index (χ1n) is 6.08. The Morgan fingerprint density at radius 3 is 2.71 bits per heavy atom. The number of nitrogens with one attached hydrogen (secondary N) is 1. The van der Waals surface area contributed by atoms with Gasteiger partial charge in [0.2, 0.25) is 0 Å². The highest BCUT2D eigenvalue weighted by atomic mass is 16.6. The number of hydrogen-bond acceptors (Lipinski definition) is 4. The van der Waals surface area contributed by atoms with Crippen LogP contribution < -0.4 is 5.32 Å². The molecule has 2 aliphatic rings. The van der Waals surface area contributed by atoms with Crippen molar-refractivity contribution in [3.8, 4) is 6.19 Å². The van der Waals surface area contributed by atoms with Crippen molar-refractivity contribution in [2.24, 2.45) is 0 Å². The highest BCUT2D eigenvalue weighted by Gasteiger charge is 2.46. The number of fused-ring (bicyclic) bond motifs is 2. The average molecular weight is 237 g/mol. The second-order valence-corrected chi connectivity index (χ2v) is 5.79. The number of carbonyl (C=O) groups is 1. The SMILES string of the molecule is CC(C)(C)OC(=O)N[C@@H]1C[C@@H]2CC[C@H]1N2C#N. The van der Waals surface area contributed by atoms with Crippen molar-refractivity contribution in [3.05, 3.63) is 0 Å². The van der Waals surface area contributed by atoms with E-state index >= 15 is 0 Å². The maximum absolute atomic E-state index is 11.7. The smallest absolute Gasteiger partial charge is 0.407 e. The summed E-state index contributed by atoms with van der Waals surface area (Å²) in [5.41, 5.74) is -0.476. The lowest BCUT2D eigenvalue weighted by molar-refractivity contribution is 0.0494. The zero-order valence-corrected chi connectivity index (χ0v) is 10.6. The molecule has 2 bridgehead atoms. The molecule has 0 aliphatic carbocycles. The van der Waals surface area contributed by atoms with Crippen LogP contribution in [0.1, 0.15) is 40.0 Å². The number of carbonyl (C=O) groups excluding carboxylic acids is 1. The van der Waals surface area contributed by atoms with Gasteiger partial charge in [0.05, 0.1) is 12.1 Å². The Bertz CT molecular complexity index is 356. The molecule has 1 N–H and O–H groups in total. The molecule has 2 rings (SSSR count). The largest absolute Gasteiger partial charge is 0.444 e. The minimum absolute atomic E-state index is 0.0586. The lowest BCUT2D eigenvalue weighted by Crippen LogP contribution is -2.45. The summed E-state index contributed by atoms with van der Waals surface area (Å²) in [6.45, 7) is 5.53. The molecule has 0 aromatic carbocycles. The highest BCUT2D eigenvalue weighted by Crippen LogP contribution is 2.37. The third-order valence-electron chi connectivity index (χ3n) is 3.35. The molecule has 0 spiro atoms. The van der Waals surface area contributed by atoms with Crippen molar-refractivity contribution < 1.29 is 9.53 Å². The van der Waals surface area contributed by atoms with Gasteiger partial charge in [-0.3, -0.25) is 0 Å². The Kier molecular flexibility index (Phi) is 2.90. The molecular formula is C12H19N3O2. The molecule has 2 heterocycles. The summed E-state index contributed by atoms with van der Waals surface area (Å²) >= 11 is 0. The minimum atomic E-state index is -0.476. The van der Waals surface area contributed by atoms with E-state index in [-0.39, 0.29) is 18.2 Å². The maximum atomic E-state index is 11.7. The quantitative estimate of drug-likeness (QED) is 0.703. The van der Waals surface area contributed by atoms with Crippen molar-refractivity contribution >= 4 is 6.09 Å². The first kappa shape index (κ1) is 12.0. The summed E-state index contributed by atoms with van der Waals surface area (Å²) < 4.78 is 5.22. The second-order valence-electron chi connectivity index (χ2n) is 5.79. The molecule has 2 saturated heterocycles. The lowest BCUT2D eigenvalue weighted by atomic mass is 9.96. The molecule has 2 aliphatic heterocycles. The first-order valence-corrected chi connectivity index (χ1v) is 6.08. The van der Waals surface area contributed by atoms with Crippen LogP contribution in [0.2, 0.25) is 0 Å². The van der Waals surface area contributed by atoms with Crippen molar-refractivity contribution in [2.75, 3.05) is 0 Å². The van der Waals surface area contributed by atoms with Crippen LogP contribution in [0.25, 0.3) is 0 Å². The van der Waals surface area contributed by atoms with Crippen LogP contribution in [0.5, 0.6) is 0 Å². The maximum Gasteiger partial charge on any atom is 0.407 e. The van der Waals surface area contributed by atoms with Gasteiger partial charge in [-0.2, -0.15) is 5.26 Å². The number of amides is 1. The Morgan fingerprint density at radius 2 is 2.18 bits per heavy atom. The molecule has 0 unspecified atom stereocenters. The van der Waals surface area contributed by atoms with Crippen LogP contribution in [0, 0.1) is 11.5 Å². The number of ether oxygens (including phenoxy) is 1. The predicted octanol–water partition coefficient (Wildman–Crippen LogP) is 1.60. The monoisotopic (exact) mass is 237 g/mol. The molecule has 5 heteroatoms. The number of hydrogen-bond donors (Lipinski definition) is 1. The molecule has 94 valence electrons. The fourth-order valence-electron chi connectivity index (χ4n) is 2.76. The minimum Gasteiger partial charge on any atom is -0.444 e. The van der Waals surface area contributed by atoms with E-state index in [9.17, 15) is 4.79 Å². The third-order valence-corrected chi connectivity index (χ3v) is 3.35. The zero-order valence-electron chi connectivity index (χ0n) is 10.6. The van der Waals surface area contributed by atoms with E-state index in [0.717, 1.165) is 19.3 Å². The van der Waals surface area contributed by atoms with Crippen LogP contribution in [0.4, 0.5) is 4.79 Å². The van der Waals surface area contributed by atoms with Gasteiger partial charge in [-0.05, 0) is 40.0 Å². The van der Waals surface area contributed by atoms with Gasteiger partial charge in [0.15, 0.2) is 6.19 Å². The fourth-order valence-corrected chi connectivity index (χ4v) is 2.76. The predicted molar refractivity (Wildman–Crippen MR) is 62.0 cm³/mol. The summed E-state index contributed by atoms with van der Waals surface area (Å²) in [4.78, 5) is 13.5. The van der Waals surface area contributed by atoms with Crippen LogP contribution in [0.15, 0.2) is 0 Å². The molecule has 0 aromatic rings. The van der Waals surface area contributed by atoms with E-state index in [0.29, 0.717) is 6.04 Å². The topological polar surface area (TPSA) is 65.4 Å². The lowest BCUT2D eigenvalue weighted by Gasteiger charge is -2.25. The third kappa shape index (κ3) is 2.46. The van der Waals surface area contributed by atoms with E-state index in [1.54, 1.807) is 0 Å². The normalized spacial score (nSPS) is 31.2. The second kappa shape index (κ2) is 4.10. The summed E-state index contributed by atoms with van der Waals surface area (Å²) in [5.74, 6) is 0. The van der Waals surface area contributed by atoms with E-state index < -0.39 is 5.60 Å². The van der Waals surface area contributed by atoms with Gasteiger partial charge in [-0.15, -0.1) is 0 Å². The Morgan fingerprint density at radius 1 is 1.47 bits per heavy atom. The number of nitrogens with zero attached hydrogens (tertiary/aromatic N) is 2. The van der Waals surface area contributed by atoms with Crippen molar-refractivity contribution in [1.82, 2.24) is 10.2 Å². The van der Waals surface area contributed by atoms with Crippen LogP contribution in [-0.2, 0) is 4.74 Å². The summed E-state index contributed by atoms with van der Waals surface area (Å²) in [6.07, 6.45) is 4.74. The summed E-state index contributed by atoms with van der Waals surface area (Å²) in [7, 11) is 0. The van der Waals surface area contributed by atoms with Gasteiger partial charge < -0.3 is 15.0 Å². The van der Waals surface area contributed by atoms with E-state index in [1.807, 2.05) is 25.7 Å². The Labute approximate surface area is 102 Å². The molecule has 5 nitrogen and oxygen atoms in total. The molecule has 1 amide bonds. The molecule has 0 radical (unpaired) electrons. The van der Waals surface area contributed by atoms with Gasteiger partial charge in [-0.1, -0.05) is 0 Å². The Balaban J connectivity index is 1.90. The van der Waals surface area contributed by atoms with Crippen LogP contribution in [0.3, 0.4) is 0 Å². The average Bonchev–Trinajstić information content (AvgIpc) is 2.70. The van der Waals surface area contributed by atoms with Crippen molar-refractivity contribution in [2.45, 2.75) is 63.8 Å². The molecule has 0 aromatic heterocycles.